The molecule has 1 amide bonds. The number of halogens is 1. The SMILES string of the molecule is Cc1cc(C)c(CN2CCc3ccc(O)c(Cl)c3C2=O)c(OCc2ccccc2)n1. The molecular formula is C24H23ClN2O3. The highest BCUT2D eigenvalue weighted by Crippen LogP contribution is 2.34. The predicted molar refractivity (Wildman–Crippen MR) is 116 cm³/mol. The van der Waals surface area contributed by atoms with Crippen molar-refractivity contribution in [1.82, 2.24) is 9.88 Å². The van der Waals surface area contributed by atoms with Gasteiger partial charge in [-0.05, 0) is 49.1 Å². The zero-order valence-corrected chi connectivity index (χ0v) is 17.7. The molecule has 0 unspecified atom stereocenters. The fraction of sp³-hybridized carbons (Fsp3) is 0.250. The van der Waals surface area contributed by atoms with Crippen molar-refractivity contribution in [1.29, 1.82) is 0 Å². The highest BCUT2D eigenvalue weighted by atomic mass is 35.5. The van der Waals surface area contributed by atoms with Crippen LogP contribution < -0.4 is 4.74 Å². The minimum Gasteiger partial charge on any atom is -0.506 e. The molecule has 1 N–H and O–H groups in total. The van der Waals surface area contributed by atoms with Gasteiger partial charge in [-0.2, -0.15) is 0 Å². The first-order valence-electron chi connectivity index (χ1n) is 9.87. The summed E-state index contributed by atoms with van der Waals surface area (Å²) in [6.45, 7) is 5.27. The number of aromatic nitrogens is 1. The number of carbonyl (C=O) groups excluding carboxylic acids is 1. The van der Waals surface area contributed by atoms with Gasteiger partial charge in [0.25, 0.3) is 5.91 Å². The maximum Gasteiger partial charge on any atom is 0.256 e. The number of fused-ring (bicyclic) bond motifs is 1. The number of amides is 1. The lowest BCUT2D eigenvalue weighted by Crippen LogP contribution is -2.37. The standard InChI is InChI=1S/C24H23ClN2O3/c1-15-12-16(2)26-23(30-14-17-6-4-3-5-7-17)19(15)13-27-11-10-18-8-9-20(28)22(25)21(18)24(27)29/h3-9,12,28H,10-11,13-14H2,1-2H3. The second-order valence-electron chi connectivity index (χ2n) is 7.55. The van der Waals surface area contributed by atoms with Crippen LogP contribution in [0.4, 0.5) is 0 Å². The lowest BCUT2D eigenvalue weighted by Gasteiger charge is -2.30. The quantitative estimate of drug-likeness (QED) is 0.639. The third-order valence-electron chi connectivity index (χ3n) is 5.36. The maximum atomic E-state index is 13.1. The van der Waals surface area contributed by atoms with Crippen LogP contribution in [0.15, 0.2) is 48.5 Å². The van der Waals surface area contributed by atoms with Crippen molar-refractivity contribution in [2.45, 2.75) is 33.4 Å². The normalized spacial score (nSPS) is 13.3. The minimum absolute atomic E-state index is 0.0781. The molecule has 0 bridgehead atoms. The number of aromatic hydroxyl groups is 1. The summed E-state index contributed by atoms with van der Waals surface area (Å²) in [7, 11) is 0. The monoisotopic (exact) mass is 422 g/mol. The molecule has 1 aliphatic heterocycles. The van der Waals surface area contributed by atoms with E-state index in [9.17, 15) is 9.90 Å². The second kappa shape index (κ2) is 8.36. The van der Waals surface area contributed by atoms with Crippen molar-refractivity contribution in [3.63, 3.8) is 0 Å². The highest BCUT2D eigenvalue weighted by Gasteiger charge is 2.29. The van der Waals surface area contributed by atoms with E-state index in [2.05, 4.69) is 4.98 Å². The number of carbonyl (C=O) groups is 1. The summed E-state index contributed by atoms with van der Waals surface area (Å²) >= 11 is 6.24. The van der Waals surface area contributed by atoms with Crippen LogP contribution in [0.5, 0.6) is 11.6 Å². The summed E-state index contributed by atoms with van der Waals surface area (Å²) in [6, 6.07) is 15.2. The van der Waals surface area contributed by atoms with Gasteiger partial charge in [-0.15, -0.1) is 0 Å². The average molecular weight is 423 g/mol. The molecule has 5 nitrogen and oxygen atoms in total. The summed E-state index contributed by atoms with van der Waals surface area (Å²) in [4.78, 5) is 19.5. The van der Waals surface area contributed by atoms with Gasteiger partial charge in [0.1, 0.15) is 12.4 Å². The molecule has 2 heterocycles. The summed E-state index contributed by atoms with van der Waals surface area (Å²) in [5.74, 6) is 0.272. The summed E-state index contributed by atoms with van der Waals surface area (Å²) in [5, 5.41) is 10.0. The van der Waals surface area contributed by atoms with Crippen LogP contribution in [0.3, 0.4) is 0 Å². The minimum atomic E-state index is -0.189. The Balaban J connectivity index is 1.61. The topological polar surface area (TPSA) is 62.7 Å². The molecule has 0 saturated heterocycles. The first kappa shape index (κ1) is 20.2. The number of pyridine rings is 1. The van der Waals surface area contributed by atoms with E-state index in [1.54, 1.807) is 11.0 Å². The molecule has 1 aromatic heterocycles. The number of hydrogen-bond donors (Lipinski definition) is 1. The molecule has 0 spiro atoms. The van der Waals surface area contributed by atoms with Crippen molar-refractivity contribution in [2.75, 3.05) is 6.54 Å². The summed E-state index contributed by atoms with van der Waals surface area (Å²) in [6.07, 6.45) is 0.680. The Kier molecular flexibility index (Phi) is 5.64. The molecule has 4 rings (SSSR count). The number of benzene rings is 2. The predicted octanol–water partition coefficient (Wildman–Crippen LogP) is 4.83. The van der Waals surface area contributed by atoms with E-state index in [1.165, 1.54) is 6.07 Å². The Hall–Kier alpha value is -3.05. The summed E-state index contributed by atoms with van der Waals surface area (Å²) < 4.78 is 6.06. The van der Waals surface area contributed by atoms with E-state index in [4.69, 9.17) is 16.3 Å². The second-order valence-corrected chi connectivity index (χ2v) is 7.93. The molecule has 0 atom stereocenters. The molecule has 6 heteroatoms. The largest absolute Gasteiger partial charge is 0.506 e. The van der Waals surface area contributed by atoms with Crippen molar-refractivity contribution in [2.24, 2.45) is 0 Å². The van der Waals surface area contributed by atoms with Crippen molar-refractivity contribution in [3.05, 3.63) is 87.1 Å². The number of hydrogen-bond acceptors (Lipinski definition) is 4. The van der Waals surface area contributed by atoms with Gasteiger partial charge in [0.2, 0.25) is 5.88 Å². The van der Waals surface area contributed by atoms with Crippen LogP contribution in [0.1, 0.15) is 38.3 Å². The fourth-order valence-electron chi connectivity index (χ4n) is 3.77. The Morgan fingerprint density at radius 2 is 1.93 bits per heavy atom. The number of phenols is 1. The average Bonchev–Trinajstić information content (AvgIpc) is 2.73. The van der Waals surface area contributed by atoms with Gasteiger partial charge in [0.15, 0.2) is 0 Å². The molecule has 0 saturated carbocycles. The Bertz CT molecular complexity index is 1100. The lowest BCUT2D eigenvalue weighted by molar-refractivity contribution is 0.0724. The number of phenolic OH excluding ortho intramolecular Hbond substituents is 1. The van der Waals surface area contributed by atoms with Gasteiger partial charge >= 0.3 is 0 Å². The van der Waals surface area contributed by atoms with E-state index < -0.39 is 0 Å². The van der Waals surface area contributed by atoms with Crippen LogP contribution in [-0.2, 0) is 19.6 Å². The first-order chi connectivity index (χ1) is 14.4. The number of rotatable bonds is 5. The molecule has 2 aromatic carbocycles. The zero-order valence-electron chi connectivity index (χ0n) is 17.0. The van der Waals surface area contributed by atoms with Gasteiger partial charge in [-0.25, -0.2) is 4.98 Å². The zero-order chi connectivity index (χ0) is 21.3. The number of nitrogens with zero attached hydrogens (tertiary/aromatic N) is 2. The smallest absolute Gasteiger partial charge is 0.256 e. The van der Waals surface area contributed by atoms with E-state index >= 15 is 0 Å². The number of ether oxygens (including phenoxy) is 1. The molecule has 0 radical (unpaired) electrons. The lowest BCUT2D eigenvalue weighted by atomic mass is 9.97. The third kappa shape index (κ3) is 3.98. The molecule has 0 fully saturated rings. The van der Waals surface area contributed by atoms with E-state index in [-0.39, 0.29) is 16.7 Å². The van der Waals surface area contributed by atoms with E-state index in [0.717, 1.165) is 27.9 Å². The Labute approximate surface area is 180 Å². The van der Waals surface area contributed by atoms with Crippen molar-refractivity contribution < 1.29 is 14.6 Å². The summed E-state index contributed by atoms with van der Waals surface area (Å²) in [5.41, 5.74) is 5.05. The number of aryl methyl sites for hydroxylation is 2. The van der Waals surface area contributed by atoms with E-state index in [1.807, 2.05) is 50.2 Å². The van der Waals surface area contributed by atoms with Gasteiger partial charge in [0.05, 0.1) is 17.1 Å². The van der Waals surface area contributed by atoms with Crippen LogP contribution >= 0.6 is 11.6 Å². The van der Waals surface area contributed by atoms with Crippen LogP contribution in [0.2, 0.25) is 5.02 Å². The van der Waals surface area contributed by atoms with Crippen molar-refractivity contribution in [3.8, 4) is 11.6 Å². The molecule has 154 valence electrons. The molecule has 1 aliphatic rings. The van der Waals surface area contributed by atoms with Gasteiger partial charge in [-0.3, -0.25) is 4.79 Å². The molecule has 30 heavy (non-hydrogen) atoms. The van der Waals surface area contributed by atoms with Gasteiger partial charge in [0, 0.05) is 17.8 Å². The van der Waals surface area contributed by atoms with Crippen LogP contribution in [0.25, 0.3) is 0 Å². The third-order valence-corrected chi connectivity index (χ3v) is 5.75. The maximum absolute atomic E-state index is 13.1. The van der Waals surface area contributed by atoms with Crippen molar-refractivity contribution >= 4 is 17.5 Å². The Morgan fingerprint density at radius 3 is 2.70 bits per heavy atom. The molecular weight excluding hydrogens is 400 g/mol. The van der Waals surface area contributed by atoms with Gasteiger partial charge < -0.3 is 14.7 Å². The van der Waals surface area contributed by atoms with Crippen LogP contribution in [-0.4, -0.2) is 27.4 Å². The fourth-order valence-corrected chi connectivity index (χ4v) is 4.03. The highest BCUT2D eigenvalue weighted by molar-refractivity contribution is 6.35. The molecule has 3 aromatic rings. The van der Waals surface area contributed by atoms with E-state index in [0.29, 0.717) is 37.6 Å². The van der Waals surface area contributed by atoms with Gasteiger partial charge in [-0.1, -0.05) is 48.0 Å². The van der Waals surface area contributed by atoms with Crippen LogP contribution in [0, 0.1) is 13.8 Å². The Morgan fingerprint density at radius 1 is 1.17 bits per heavy atom. The first-order valence-corrected chi connectivity index (χ1v) is 10.3. The molecule has 0 aliphatic carbocycles.